The third-order valence-electron chi connectivity index (χ3n) is 17.1. The highest BCUT2D eigenvalue weighted by molar-refractivity contribution is 6.84. The van der Waals surface area contributed by atoms with Crippen LogP contribution in [0.4, 0.5) is 11.9 Å². The number of methoxy groups -OCH3 is 2. The van der Waals surface area contributed by atoms with Gasteiger partial charge in [0.25, 0.3) is 0 Å². The van der Waals surface area contributed by atoms with Crippen molar-refractivity contribution in [1.29, 1.82) is 0 Å². The van der Waals surface area contributed by atoms with Crippen LogP contribution >= 0.6 is 0 Å². The number of aromatic nitrogens is 8. The molecule has 8 atom stereocenters. The lowest BCUT2D eigenvalue weighted by atomic mass is 9.89. The minimum Gasteiger partial charge on any atom is -0.479 e. The van der Waals surface area contributed by atoms with E-state index >= 15 is 0 Å². The molecular weight excluding hydrogens is 1150 g/mol. The van der Waals surface area contributed by atoms with Gasteiger partial charge in [0.1, 0.15) is 30.1 Å². The quantitative estimate of drug-likeness (QED) is 0.0502. The smallest absolute Gasteiger partial charge is 0.335 e. The number of carbonyl (C=O) groups is 2. The van der Waals surface area contributed by atoms with Crippen molar-refractivity contribution < 1.29 is 64.7 Å². The third-order valence-corrected chi connectivity index (χ3v) is 37.6. The number of fused-ring (bicyclic) bond motifs is 4. The van der Waals surface area contributed by atoms with Crippen LogP contribution in [0.2, 0.25) is 44.3 Å². The molecule has 0 aromatic carbocycles. The van der Waals surface area contributed by atoms with Gasteiger partial charge < -0.3 is 55.1 Å². The molecule has 4 aliphatic heterocycles. The van der Waals surface area contributed by atoms with Crippen molar-refractivity contribution in [1.82, 2.24) is 39.0 Å². The van der Waals surface area contributed by atoms with Gasteiger partial charge in [0.05, 0.1) is 46.2 Å². The number of anilines is 2. The first kappa shape index (κ1) is 67.4. The van der Waals surface area contributed by atoms with Crippen LogP contribution in [0.15, 0.2) is 25.3 Å². The van der Waals surface area contributed by atoms with Crippen molar-refractivity contribution in [3.8, 4) is 11.8 Å². The van der Waals surface area contributed by atoms with Gasteiger partial charge in [0.15, 0.2) is 28.6 Å². The molecule has 4 aromatic rings. The van der Waals surface area contributed by atoms with Crippen LogP contribution in [-0.2, 0) is 45.0 Å². The molecule has 0 aliphatic carbocycles. The molecular formula is C56H96N10O14Si4. The standard InChI is InChI=1S/C28H49N5O8Si2.C28H47N5O6Si2/c1-16(2)42(17(3)4)38-14-21-23(40-43(41-42,18(5)6)19(7)8)28(36,12-11-13-34)26(39-21)33-15-29-22-24(33)31-27(30-20(9)35)32-25(22)37-10;1-12-13-21-24-22(14-36-40(16(2)3,17(4)5)39-41(38-24,18(6)7)19(8)9)37-27(21)33-15-29-23-25(33)31-28(30-20(10)34)32-26(23)35-11/h15-19,21,23,26,34,36H,11-14H2,1-10H3,(H,30,31,32,35);12,15-19,21-22,24,27H,1,13-14H2,2-11H3,(H,30,31,32,34)/t21?,23-,26-,28+;21-,22-,24+,27-/m11/s1. The minimum atomic E-state index is -3.09. The number of rotatable bonds is 19. The molecule has 4 aromatic heterocycles. The summed E-state index contributed by atoms with van der Waals surface area (Å²) in [6.45, 7) is 42.1. The van der Waals surface area contributed by atoms with Gasteiger partial charge in [-0.15, -0.1) is 6.58 Å². The predicted octanol–water partition coefficient (Wildman–Crippen LogP) is 9.99. The molecule has 1 unspecified atom stereocenters. The Bertz CT molecular complexity index is 2900. The Labute approximate surface area is 500 Å². The molecule has 4 N–H and O–H groups in total. The Kier molecular flexibility index (Phi) is 21.4. The van der Waals surface area contributed by atoms with Crippen LogP contribution in [-0.4, -0.2) is 159 Å². The predicted molar refractivity (Wildman–Crippen MR) is 327 cm³/mol. The van der Waals surface area contributed by atoms with Gasteiger partial charge in [-0.1, -0.05) is 117 Å². The van der Waals surface area contributed by atoms with E-state index < -0.39 is 64.5 Å². The number of amides is 2. The van der Waals surface area contributed by atoms with E-state index in [9.17, 15) is 19.8 Å². The summed E-state index contributed by atoms with van der Waals surface area (Å²) < 4.78 is 71.1. The normalized spacial score (nSPS) is 26.5. The first-order valence-corrected chi connectivity index (χ1v) is 37.8. The Balaban J connectivity index is 0.000000241. The van der Waals surface area contributed by atoms with Crippen LogP contribution in [0.1, 0.15) is 156 Å². The number of hydrogen-bond donors (Lipinski definition) is 4. The highest BCUT2D eigenvalue weighted by Crippen LogP contribution is 2.54. The van der Waals surface area contributed by atoms with E-state index in [-0.39, 0.29) is 118 Å². The molecule has 0 saturated carbocycles. The number of allylic oxidation sites excluding steroid dienone is 1. The van der Waals surface area contributed by atoms with Crippen molar-refractivity contribution in [2.75, 3.05) is 44.7 Å². The molecule has 24 nitrogen and oxygen atoms in total. The van der Waals surface area contributed by atoms with Crippen LogP contribution in [0.5, 0.6) is 11.8 Å². The van der Waals surface area contributed by atoms with Crippen molar-refractivity contribution in [3.05, 3.63) is 25.3 Å². The Hall–Kier alpha value is -4.15. The van der Waals surface area contributed by atoms with Crippen LogP contribution in [0, 0.1) is 5.92 Å². The Morgan fingerprint density at radius 3 is 1.51 bits per heavy atom. The van der Waals surface area contributed by atoms with Crippen molar-refractivity contribution >= 4 is 80.3 Å². The largest absolute Gasteiger partial charge is 0.479 e. The van der Waals surface area contributed by atoms with E-state index in [1.54, 1.807) is 10.9 Å². The van der Waals surface area contributed by atoms with E-state index in [0.717, 1.165) is 0 Å². The average molecular weight is 1250 g/mol. The summed E-state index contributed by atoms with van der Waals surface area (Å²) in [7, 11) is -8.51. The number of nitrogens with zero attached hydrogens (tertiary/aromatic N) is 8. The van der Waals surface area contributed by atoms with Gasteiger partial charge in [0, 0.05) is 26.4 Å². The summed E-state index contributed by atoms with van der Waals surface area (Å²) in [6, 6.07) is 0. The molecule has 84 heavy (non-hydrogen) atoms. The summed E-state index contributed by atoms with van der Waals surface area (Å²) in [5.41, 5.74) is 1.28. The lowest BCUT2D eigenvalue weighted by Gasteiger charge is -2.52. The summed E-state index contributed by atoms with van der Waals surface area (Å²) >= 11 is 0. The second-order valence-electron chi connectivity index (χ2n) is 25.3. The second-order valence-corrected chi connectivity index (χ2v) is 43.0. The molecule has 0 spiro atoms. The number of imidazole rings is 2. The fourth-order valence-electron chi connectivity index (χ4n) is 13.0. The highest BCUT2D eigenvalue weighted by Gasteiger charge is 2.66. The molecule has 4 aliphatic rings. The third kappa shape index (κ3) is 12.5. The molecule has 0 radical (unpaired) electrons. The van der Waals surface area contributed by atoms with Crippen molar-refractivity contribution in [2.45, 2.75) is 231 Å². The summed E-state index contributed by atoms with van der Waals surface area (Å²) in [5.74, 6) is -0.134. The molecule has 2 amide bonds. The fourth-order valence-corrected chi connectivity index (χ4v) is 35.5. The number of ether oxygens (including phenoxy) is 4. The number of carbonyl (C=O) groups excluding carboxylic acids is 2. The maximum atomic E-state index is 12.7. The zero-order chi connectivity index (χ0) is 62.2. The van der Waals surface area contributed by atoms with E-state index in [1.807, 2.05) is 10.6 Å². The van der Waals surface area contributed by atoms with E-state index in [2.05, 4.69) is 158 Å². The molecule has 8 heterocycles. The molecule has 8 rings (SSSR count). The number of nitrogens with one attached hydrogen (secondary N) is 2. The van der Waals surface area contributed by atoms with Crippen LogP contribution in [0.3, 0.4) is 0 Å². The first-order valence-electron chi connectivity index (χ1n) is 29.9. The lowest BCUT2D eigenvalue weighted by molar-refractivity contribution is -0.115. The molecule has 4 saturated heterocycles. The number of aliphatic hydroxyl groups excluding tert-OH is 1. The second kappa shape index (κ2) is 26.7. The van der Waals surface area contributed by atoms with Gasteiger partial charge in [-0.3, -0.25) is 29.4 Å². The maximum Gasteiger partial charge on any atom is 0.335 e. The van der Waals surface area contributed by atoms with Crippen LogP contribution in [0.25, 0.3) is 22.3 Å². The molecule has 470 valence electrons. The minimum absolute atomic E-state index is 0.0326. The van der Waals surface area contributed by atoms with Gasteiger partial charge in [-0.05, 0) is 63.6 Å². The first-order chi connectivity index (χ1) is 39.5. The summed E-state index contributed by atoms with van der Waals surface area (Å²) in [6.07, 6.45) is 2.69. The van der Waals surface area contributed by atoms with Gasteiger partial charge in [0.2, 0.25) is 35.5 Å². The van der Waals surface area contributed by atoms with E-state index in [1.165, 1.54) is 34.4 Å². The van der Waals surface area contributed by atoms with Gasteiger partial charge in [-0.2, -0.15) is 19.9 Å². The monoisotopic (exact) mass is 1240 g/mol. The number of hydrogen-bond acceptors (Lipinski definition) is 20. The van der Waals surface area contributed by atoms with E-state index in [4.69, 9.17) is 44.9 Å². The van der Waals surface area contributed by atoms with Crippen molar-refractivity contribution in [2.24, 2.45) is 5.92 Å². The molecule has 4 fully saturated rings. The maximum absolute atomic E-state index is 12.7. The average Bonchev–Trinajstić information content (AvgIpc) is 1.76. The van der Waals surface area contributed by atoms with Gasteiger partial charge >= 0.3 is 34.2 Å². The summed E-state index contributed by atoms with van der Waals surface area (Å²) in [4.78, 5) is 50.4. The zero-order valence-electron chi connectivity index (χ0n) is 53.2. The van der Waals surface area contributed by atoms with E-state index in [0.29, 0.717) is 41.8 Å². The lowest BCUT2D eigenvalue weighted by Crippen LogP contribution is -2.67. The molecule has 0 bridgehead atoms. The Morgan fingerprint density at radius 1 is 0.667 bits per heavy atom. The molecule has 28 heteroatoms. The zero-order valence-corrected chi connectivity index (χ0v) is 57.2. The fraction of sp³-hybridized carbons (Fsp3) is 0.750. The highest BCUT2D eigenvalue weighted by atomic mass is 28.5. The van der Waals surface area contributed by atoms with Crippen LogP contribution < -0.4 is 20.1 Å². The van der Waals surface area contributed by atoms with Gasteiger partial charge in [-0.25, -0.2) is 9.97 Å². The SMILES string of the molecule is C=CC[C@@H]1[C@@H]2O[Si](C(C)C)(C(C)C)O[Si](C(C)C)(C(C)C)OC[C@H]2O[C@H]1n1cnc2c(OC)nc(NC(C)=O)nc21.COc1nc(NC(C)=O)nc2c1ncn2[C@@H]1OC2CO[Si](C(C)C)(C(C)C)O[Si](C(C)C)(C(C)C)O[C@H]2[C@@]1(O)CCCO. The van der Waals surface area contributed by atoms with Crippen molar-refractivity contribution in [3.63, 3.8) is 0 Å². The topological polar surface area (TPSA) is 278 Å². The number of aliphatic hydroxyl groups is 2. The summed E-state index contributed by atoms with van der Waals surface area (Å²) in [5, 5.41) is 27.8. The Morgan fingerprint density at radius 2 is 1.10 bits per heavy atom.